The van der Waals surface area contributed by atoms with Crippen LogP contribution in [0.25, 0.3) is 0 Å². The van der Waals surface area contributed by atoms with Crippen molar-refractivity contribution < 1.29 is 4.74 Å². The minimum atomic E-state index is 0.117. The van der Waals surface area contributed by atoms with Crippen LogP contribution in [0.5, 0.6) is 0 Å². The maximum atomic E-state index is 5.36. The lowest BCUT2D eigenvalue weighted by molar-refractivity contribution is 0.169. The second-order valence-electron chi connectivity index (χ2n) is 2.49. The fourth-order valence-electron chi connectivity index (χ4n) is 1.16. The lowest BCUT2D eigenvalue weighted by Gasteiger charge is -2.21. The van der Waals surface area contributed by atoms with Crippen LogP contribution in [-0.4, -0.2) is 12.1 Å². The largest absolute Gasteiger partial charge is 0.492 e. The molecule has 0 amide bonds. The van der Waals surface area contributed by atoms with Gasteiger partial charge in [-0.05, 0) is 12.2 Å². The van der Waals surface area contributed by atoms with Gasteiger partial charge in [-0.1, -0.05) is 18.2 Å². The van der Waals surface area contributed by atoms with Crippen LogP contribution in [-0.2, 0) is 4.74 Å². The number of ether oxygens (including phenoxy) is 1. The predicted octanol–water partition coefficient (Wildman–Crippen LogP) is 1.02. The fourth-order valence-corrected chi connectivity index (χ4v) is 1.16. The Morgan fingerprint density at radius 1 is 1.27 bits per heavy atom. The molecule has 0 aromatic rings. The first-order valence-electron chi connectivity index (χ1n) is 3.63. The Morgan fingerprint density at radius 2 is 2.18 bits per heavy atom. The minimum Gasteiger partial charge on any atom is -0.492 e. The van der Waals surface area contributed by atoms with Crippen molar-refractivity contribution in [3.63, 3.8) is 0 Å². The Bertz CT molecular complexity index is 218. The van der Waals surface area contributed by atoms with Crippen LogP contribution in [0, 0.1) is 6.54 Å². The van der Waals surface area contributed by atoms with E-state index in [0.29, 0.717) is 0 Å². The zero-order chi connectivity index (χ0) is 7.52. The number of nitrogens with one attached hydrogen (secondary N) is 1. The lowest BCUT2D eigenvalue weighted by Crippen LogP contribution is -2.36. The third-order valence-electron chi connectivity index (χ3n) is 1.72. The summed E-state index contributed by atoms with van der Waals surface area (Å²) in [5, 5.41) is 3.08. The van der Waals surface area contributed by atoms with E-state index in [-0.39, 0.29) is 12.1 Å². The van der Waals surface area contributed by atoms with Gasteiger partial charge in [0, 0.05) is 0 Å². The van der Waals surface area contributed by atoms with E-state index in [9.17, 15) is 0 Å². The van der Waals surface area contributed by atoms with Crippen LogP contribution >= 0.6 is 0 Å². The number of hydrogen-bond donors (Lipinski definition) is 1. The quantitative estimate of drug-likeness (QED) is 0.552. The molecule has 1 aliphatic heterocycles. The molecule has 0 saturated carbocycles. The van der Waals surface area contributed by atoms with E-state index < -0.39 is 0 Å². The summed E-state index contributed by atoms with van der Waals surface area (Å²) >= 11 is 0. The van der Waals surface area contributed by atoms with E-state index in [0.717, 1.165) is 0 Å². The van der Waals surface area contributed by atoms with Gasteiger partial charge in [0.15, 0.2) is 0 Å². The molecule has 11 heavy (non-hydrogen) atoms. The Labute approximate surface area is 66.2 Å². The van der Waals surface area contributed by atoms with Gasteiger partial charge in [0.2, 0.25) is 0 Å². The molecule has 2 unspecified atom stereocenters. The molecule has 0 fully saturated rings. The monoisotopic (exact) mass is 147 g/mol. The van der Waals surface area contributed by atoms with Crippen molar-refractivity contribution in [3.8, 4) is 0 Å². The van der Waals surface area contributed by atoms with Crippen molar-refractivity contribution in [1.82, 2.24) is 5.32 Å². The molecular formula is C9H9NO. The molecule has 1 heterocycles. The van der Waals surface area contributed by atoms with E-state index >= 15 is 0 Å². The van der Waals surface area contributed by atoms with Gasteiger partial charge in [-0.15, -0.1) is 0 Å². The molecule has 2 radical (unpaired) electrons. The summed E-state index contributed by atoms with van der Waals surface area (Å²) in [7, 11) is 0. The van der Waals surface area contributed by atoms with E-state index in [4.69, 9.17) is 4.74 Å². The zero-order valence-electron chi connectivity index (χ0n) is 6.03. The predicted molar refractivity (Wildman–Crippen MR) is 42.5 cm³/mol. The average molecular weight is 147 g/mol. The summed E-state index contributed by atoms with van der Waals surface area (Å²) in [5.74, 6) is 0. The van der Waals surface area contributed by atoms with Gasteiger partial charge in [-0.3, -0.25) is 5.32 Å². The van der Waals surface area contributed by atoms with Crippen molar-refractivity contribution in [2.75, 3.05) is 0 Å². The number of allylic oxidation sites excluding steroid dienone is 2. The molecule has 56 valence electrons. The first-order chi connectivity index (χ1) is 5.47. The maximum absolute atomic E-state index is 5.36. The van der Waals surface area contributed by atoms with E-state index in [1.54, 1.807) is 12.3 Å². The molecule has 2 nitrogen and oxygen atoms in total. The molecule has 1 aliphatic carbocycles. The smallest absolute Gasteiger partial charge is 0.135 e. The van der Waals surface area contributed by atoms with E-state index in [1.807, 2.05) is 18.2 Å². The summed E-state index contributed by atoms with van der Waals surface area (Å²) in [6.07, 6.45) is 11.6. The van der Waals surface area contributed by atoms with Crippen molar-refractivity contribution in [3.05, 3.63) is 43.2 Å². The molecule has 2 atom stereocenters. The van der Waals surface area contributed by atoms with Gasteiger partial charge in [0.1, 0.15) is 6.10 Å². The van der Waals surface area contributed by atoms with Crippen molar-refractivity contribution >= 4 is 0 Å². The summed E-state index contributed by atoms with van der Waals surface area (Å²) in [4.78, 5) is 0. The highest BCUT2D eigenvalue weighted by Crippen LogP contribution is 2.11. The first-order valence-corrected chi connectivity index (χ1v) is 3.63. The van der Waals surface area contributed by atoms with Gasteiger partial charge in [-0.2, -0.15) is 0 Å². The van der Waals surface area contributed by atoms with Crippen LogP contribution in [0.1, 0.15) is 0 Å². The maximum Gasteiger partial charge on any atom is 0.135 e. The Kier molecular flexibility index (Phi) is 1.78. The van der Waals surface area contributed by atoms with Crippen LogP contribution in [0.3, 0.4) is 0 Å². The normalized spacial score (nSPS) is 34.2. The molecule has 0 spiro atoms. The molecule has 2 heteroatoms. The van der Waals surface area contributed by atoms with Crippen molar-refractivity contribution in [2.24, 2.45) is 0 Å². The third kappa shape index (κ3) is 1.35. The summed E-state index contributed by atoms with van der Waals surface area (Å²) in [6.45, 7) is 2.91. The zero-order valence-corrected chi connectivity index (χ0v) is 6.03. The molecular weight excluding hydrogens is 138 g/mol. The molecule has 2 aliphatic rings. The Morgan fingerprint density at radius 3 is 3.18 bits per heavy atom. The van der Waals surface area contributed by atoms with Gasteiger partial charge in [0.25, 0.3) is 0 Å². The molecule has 0 aromatic heterocycles. The summed E-state index contributed by atoms with van der Waals surface area (Å²) in [6, 6.07) is 0.231. The third-order valence-corrected chi connectivity index (χ3v) is 1.72. The van der Waals surface area contributed by atoms with Gasteiger partial charge >= 0.3 is 0 Å². The molecule has 2 rings (SSSR count). The van der Waals surface area contributed by atoms with Crippen molar-refractivity contribution in [1.29, 1.82) is 0 Å². The SMILES string of the molecule is [C]1C=COC2C=CC=CC2N1. The lowest BCUT2D eigenvalue weighted by atomic mass is 10.1. The highest BCUT2D eigenvalue weighted by Gasteiger charge is 2.19. The van der Waals surface area contributed by atoms with Gasteiger partial charge in [0.05, 0.1) is 18.8 Å². The number of hydrogen-bond acceptors (Lipinski definition) is 2. The Balaban J connectivity index is 2.13. The number of rotatable bonds is 0. The Hall–Kier alpha value is -1.02. The molecule has 0 aromatic carbocycles. The summed E-state index contributed by atoms with van der Waals surface area (Å²) in [5.41, 5.74) is 0. The van der Waals surface area contributed by atoms with Crippen LogP contribution in [0.2, 0.25) is 0 Å². The van der Waals surface area contributed by atoms with Crippen LogP contribution in [0.4, 0.5) is 0 Å². The second-order valence-corrected chi connectivity index (χ2v) is 2.49. The number of fused-ring (bicyclic) bond motifs is 1. The van der Waals surface area contributed by atoms with Crippen molar-refractivity contribution in [2.45, 2.75) is 12.1 Å². The topological polar surface area (TPSA) is 21.3 Å². The minimum absolute atomic E-state index is 0.117. The van der Waals surface area contributed by atoms with Crippen LogP contribution < -0.4 is 5.32 Å². The molecule has 0 saturated heterocycles. The van der Waals surface area contributed by atoms with Crippen LogP contribution in [0.15, 0.2) is 36.6 Å². The highest BCUT2D eigenvalue weighted by molar-refractivity contribution is 5.20. The standard InChI is InChI=1S/C9H9NO/c1-2-5-9-8(4-1)10-6-3-7-11-9/h1-5,7-10H. The van der Waals surface area contributed by atoms with Gasteiger partial charge < -0.3 is 4.74 Å². The first kappa shape index (κ1) is 6.68. The average Bonchev–Trinajstić information content (AvgIpc) is 2.28. The fraction of sp³-hybridized carbons (Fsp3) is 0.222. The van der Waals surface area contributed by atoms with E-state index in [2.05, 4.69) is 17.9 Å². The summed E-state index contributed by atoms with van der Waals surface area (Å²) < 4.78 is 5.36. The molecule has 1 N–H and O–H groups in total. The second kappa shape index (κ2) is 2.93. The van der Waals surface area contributed by atoms with Gasteiger partial charge in [-0.25, -0.2) is 0 Å². The van der Waals surface area contributed by atoms with E-state index in [1.165, 1.54) is 0 Å². The highest BCUT2D eigenvalue weighted by atomic mass is 16.5. The molecule has 0 bridgehead atoms.